The second-order valence-electron chi connectivity index (χ2n) is 4.31. The summed E-state index contributed by atoms with van der Waals surface area (Å²) in [6.45, 7) is 8.43. The molecular formula is C14H17NO. The minimum atomic E-state index is 0.886. The van der Waals surface area contributed by atoms with E-state index in [4.69, 9.17) is 4.52 Å². The van der Waals surface area contributed by atoms with Gasteiger partial charge in [0.05, 0.1) is 0 Å². The maximum atomic E-state index is 5.26. The molecule has 0 spiro atoms. The molecule has 16 heavy (non-hydrogen) atoms. The normalized spacial score (nSPS) is 10.8. The lowest BCUT2D eigenvalue weighted by atomic mass is 9.97. The summed E-state index contributed by atoms with van der Waals surface area (Å²) in [5.74, 6) is 0.939. The van der Waals surface area contributed by atoms with Crippen LogP contribution in [-0.4, -0.2) is 5.16 Å². The van der Waals surface area contributed by atoms with Gasteiger partial charge in [0.25, 0.3) is 0 Å². The van der Waals surface area contributed by atoms with Gasteiger partial charge in [-0.15, -0.1) is 0 Å². The first-order valence-corrected chi connectivity index (χ1v) is 5.65. The molecule has 0 aliphatic heterocycles. The Kier molecular flexibility index (Phi) is 2.82. The molecule has 0 amide bonds. The number of hydrogen-bond donors (Lipinski definition) is 0. The van der Waals surface area contributed by atoms with Crippen molar-refractivity contribution in [1.29, 1.82) is 0 Å². The second kappa shape index (κ2) is 4.12. The molecule has 1 aromatic carbocycles. The van der Waals surface area contributed by atoms with E-state index in [2.05, 4.69) is 45.0 Å². The summed E-state index contributed by atoms with van der Waals surface area (Å²) in [6.07, 6.45) is 0.886. The van der Waals surface area contributed by atoms with E-state index in [1.54, 1.807) is 0 Å². The standard InChI is InChI=1S/C14H17NO/c1-5-12-8-13(15-16-12)14-10(3)6-9(2)7-11(14)4/h6-8H,5H2,1-4H3. The number of nitrogens with zero attached hydrogens (tertiary/aromatic N) is 1. The molecule has 2 nitrogen and oxygen atoms in total. The quantitative estimate of drug-likeness (QED) is 0.761. The molecule has 0 atom stereocenters. The molecule has 2 aromatic rings. The summed E-state index contributed by atoms with van der Waals surface area (Å²) >= 11 is 0. The number of hydrogen-bond acceptors (Lipinski definition) is 2. The van der Waals surface area contributed by atoms with Crippen LogP contribution in [0.1, 0.15) is 29.4 Å². The first-order valence-electron chi connectivity index (χ1n) is 5.65. The summed E-state index contributed by atoms with van der Waals surface area (Å²) in [5, 5.41) is 4.13. The molecular weight excluding hydrogens is 198 g/mol. The monoisotopic (exact) mass is 215 g/mol. The van der Waals surface area contributed by atoms with E-state index in [1.807, 2.05) is 6.07 Å². The third-order valence-corrected chi connectivity index (χ3v) is 2.84. The van der Waals surface area contributed by atoms with Gasteiger partial charge in [-0.3, -0.25) is 0 Å². The molecule has 1 aromatic heterocycles. The lowest BCUT2D eigenvalue weighted by Crippen LogP contribution is -1.89. The van der Waals surface area contributed by atoms with E-state index >= 15 is 0 Å². The number of benzene rings is 1. The Bertz CT molecular complexity index is 488. The molecule has 0 aliphatic carbocycles. The Morgan fingerprint density at radius 1 is 1.06 bits per heavy atom. The maximum absolute atomic E-state index is 5.26. The minimum Gasteiger partial charge on any atom is -0.361 e. The average molecular weight is 215 g/mol. The van der Waals surface area contributed by atoms with Gasteiger partial charge in [0.2, 0.25) is 0 Å². The zero-order valence-electron chi connectivity index (χ0n) is 10.3. The fourth-order valence-corrected chi connectivity index (χ4v) is 2.18. The first-order chi connectivity index (χ1) is 7.61. The van der Waals surface area contributed by atoms with E-state index in [0.29, 0.717) is 0 Å². The van der Waals surface area contributed by atoms with Crippen LogP contribution in [0.25, 0.3) is 11.3 Å². The fraction of sp³-hybridized carbons (Fsp3) is 0.357. The maximum Gasteiger partial charge on any atom is 0.137 e. The van der Waals surface area contributed by atoms with Crippen molar-refractivity contribution in [2.75, 3.05) is 0 Å². The summed E-state index contributed by atoms with van der Waals surface area (Å²) in [5.41, 5.74) is 5.96. The number of rotatable bonds is 2. The summed E-state index contributed by atoms with van der Waals surface area (Å²) in [4.78, 5) is 0. The minimum absolute atomic E-state index is 0.886. The van der Waals surface area contributed by atoms with Crippen LogP contribution in [0.2, 0.25) is 0 Å². The van der Waals surface area contributed by atoms with Gasteiger partial charge >= 0.3 is 0 Å². The summed E-state index contributed by atoms with van der Waals surface area (Å²) in [6, 6.07) is 6.40. The molecule has 0 saturated heterocycles. The molecule has 2 heteroatoms. The third kappa shape index (κ3) is 1.87. The lowest BCUT2D eigenvalue weighted by Gasteiger charge is -2.07. The van der Waals surface area contributed by atoms with Gasteiger partial charge < -0.3 is 4.52 Å². The Labute approximate surface area is 96.3 Å². The van der Waals surface area contributed by atoms with Crippen molar-refractivity contribution in [2.24, 2.45) is 0 Å². The van der Waals surface area contributed by atoms with Crippen molar-refractivity contribution in [3.8, 4) is 11.3 Å². The topological polar surface area (TPSA) is 26.0 Å². The van der Waals surface area contributed by atoms with Crippen LogP contribution in [0, 0.1) is 20.8 Å². The van der Waals surface area contributed by atoms with Crippen LogP contribution in [0.3, 0.4) is 0 Å². The van der Waals surface area contributed by atoms with Crippen molar-refractivity contribution >= 4 is 0 Å². The Morgan fingerprint density at radius 3 is 2.19 bits per heavy atom. The van der Waals surface area contributed by atoms with Crippen molar-refractivity contribution in [3.63, 3.8) is 0 Å². The fourth-order valence-electron chi connectivity index (χ4n) is 2.18. The molecule has 2 rings (SSSR count). The molecule has 1 heterocycles. The highest BCUT2D eigenvalue weighted by atomic mass is 16.5. The van der Waals surface area contributed by atoms with Gasteiger partial charge in [-0.05, 0) is 31.9 Å². The molecule has 0 bridgehead atoms. The van der Waals surface area contributed by atoms with Crippen LogP contribution >= 0.6 is 0 Å². The summed E-state index contributed by atoms with van der Waals surface area (Å²) < 4.78 is 5.26. The van der Waals surface area contributed by atoms with Crippen molar-refractivity contribution in [2.45, 2.75) is 34.1 Å². The van der Waals surface area contributed by atoms with Crippen LogP contribution in [0.4, 0.5) is 0 Å². The summed E-state index contributed by atoms with van der Waals surface area (Å²) in [7, 11) is 0. The molecule has 0 saturated carbocycles. The molecule has 0 N–H and O–H groups in total. The molecule has 0 radical (unpaired) electrons. The Morgan fingerprint density at radius 2 is 1.69 bits per heavy atom. The van der Waals surface area contributed by atoms with Crippen molar-refractivity contribution in [1.82, 2.24) is 5.16 Å². The van der Waals surface area contributed by atoms with Gasteiger partial charge in [0, 0.05) is 18.1 Å². The largest absolute Gasteiger partial charge is 0.361 e. The highest BCUT2D eigenvalue weighted by Gasteiger charge is 2.11. The van der Waals surface area contributed by atoms with Gasteiger partial charge in [-0.2, -0.15) is 0 Å². The van der Waals surface area contributed by atoms with Gasteiger partial charge in [-0.1, -0.05) is 29.8 Å². The highest BCUT2D eigenvalue weighted by Crippen LogP contribution is 2.27. The SMILES string of the molecule is CCc1cc(-c2c(C)cc(C)cc2C)no1. The zero-order valence-corrected chi connectivity index (χ0v) is 10.3. The van der Waals surface area contributed by atoms with E-state index in [9.17, 15) is 0 Å². The predicted octanol–water partition coefficient (Wildman–Crippen LogP) is 3.83. The van der Waals surface area contributed by atoms with Crippen LogP contribution < -0.4 is 0 Å². The Hall–Kier alpha value is -1.57. The predicted molar refractivity (Wildman–Crippen MR) is 65.5 cm³/mol. The average Bonchev–Trinajstić information content (AvgIpc) is 2.64. The van der Waals surface area contributed by atoms with Gasteiger partial charge in [0.1, 0.15) is 11.5 Å². The van der Waals surface area contributed by atoms with Crippen LogP contribution in [-0.2, 0) is 6.42 Å². The molecule has 0 fully saturated rings. The molecule has 84 valence electrons. The van der Waals surface area contributed by atoms with Crippen LogP contribution in [0.15, 0.2) is 22.7 Å². The van der Waals surface area contributed by atoms with E-state index in [-0.39, 0.29) is 0 Å². The van der Waals surface area contributed by atoms with E-state index < -0.39 is 0 Å². The van der Waals surface area contributed by atoms with Crippen molar-refractivity contribution in [3.05, 3.63) is 40.6 Å². The smallest absolute Gasteiger partial charge is 0.137 e. The highest BCUT2D eigenvalue weighted by molar-refractivity contribution is 5.68. The first kappa shape index (κ1) is 10.9. The molecule has 0 aliphatic rings. The number of aromatic nitrogens is 1. The zero-order chi connectivity index (χ0) is 11.7. The van der Waals surface area contributed by atoms with E-state index in [1.165, 1.54) is 22.3 Å². The van der Waals surface area contributed by atoms with Gasteiger partial charge in [-0.25, -0.2) is 0 Å². The van der Waals surface area contributed by atoms with Crippen molar-refractivity contribution < 1.29 is 4.52 Å². The second-order valence-corrected chi connectivity index (χ2v) is 4.31. The lowest BCUT2D eigenvalue weighted by molar-refractivity contribution is 0.389. The van der Waals surface area contributed by atoms with Crippen LogP contribution in [0.5, 0.6) is 0 Å². The third-order valence-electron chi connectivity index (χ3n) is 2.84. The van der Waals surface area contributed by atoms with Gasteiger partial charge in [0.15, 0.2) is 0 Å². The number of aryl methyl sites for hydroxylation is 4. The Balaban J connectivity index is 2.55. The molecule has 0 unspecified atom stereocenters. The van der Waals surface area contributed by atoms with E-state index in [0.717, 1.165) is 17.9 Å².